The zero-order valence-electron chi connectivity index (χ0n) is 8.94. The SMILES string of the molecule is Nc1c(F)cccc1-c1nc2ccccc2[nH]1. The minimum Gasteiger partial charge on any atom is -0.396 e. The van der Waals surface area contributed by atoms with Crippen LogP contribution in [0.1, 0.15) is 0 Å². The fourth-order valence-electron chi connectivity index (χ4n) is 1.82. The van der Waals surface area contributed by atoms with Crippen LogP contribution in [-0.4, -0.2) is 9.97 Å². The van der Waals surface area contributed by atoms with Gasteiger partial charge < -0.3 is 10.7 Å². The van der Waals surface area contributed by atoms with Crippen molar-refractivity contribution in [2.75, 3.05) is 5.73 Å². The maximum Gasteiger partial charge on any atom is 0.146 e. The number of halogens is 1. The summed E-state index contributed by atoms with van der Waals surface area (Å²) in [5, 5.41) is 0. The number of anilines is 1. The van der Waals surface area contributed by atoms with Gasteiger partial charge in [-0.2, -0.15) is 0 Å². The van der Waals surface area contributed by atoms with Crippen molar-refractivity contribution in [3.8, 4) is 11.4 Å². The average molecular weight is 227 g/mol. The maximum atomic E-state index is 13.4. The Labute approximate surface area is 97.1 Å². The molecule has 0 radical (unpaired) electrons. The van der Waals surface area contributed by atoms with Crippen LogP contribution in [-0.2, 0) is 0 Å². The van der Waals surface area contributed by atoms with Crippen LogP contribution in [0.5, 0.6) is 0 Å². The number of fused-ring (bicyclic) bond motifs is 1. The van der Waals surface area contributed by atoms with E-state index < -0.39 is 5.82 Å². The van der Waals surface area contributed by atoms with Gasteiger partial charge in [0, 0.05) is 5.56 Å². The van der Waals surface area contributed by atoms with Crippen LogP contribution in [0.2, 0.25) is 0 Å². The Hall–Kier alpha value is -2.36. The fourth-order valence-corrected chi connectivity index (χ4v) is 1.82. The number of nitrogens with two attached hydrogens (primary N) is 1. The van der Waals surface area contributed by atoms with Gasteiger partial charge in [0.25, 0.3) is 0 Å². The Morgan fingerprint density at radius 1 is 1.06 bits per heavy atom. The topological polar surface area (TPSA) is 54.7 Å². The lowest BCUT2D eigenvalue weighted by molar-refractivity contribution is 0.633. The number of nitrogen functional groups attached to an aromatic ring is 1. The molecule has 3 nitrogen and oxygen atoms in total. The van der Waals surface area contributed by atoms with E-state index in [1.807, 2.05) is 24.3 Å². The third-order valence-electron chi connectivity index (χ3n) is 2.70. The molecule has 0 aliphatic heterocycles. The van der Waals surface area contributed by atoms with Gasteiger partial charge in [0.05, 0.1) is 16.7 Å². The minimum atomic E-state index is -0.428. The van der Waals surface area contributed by atoms with Gasteiger partial charge in [-0.1, -0.05) is 18.2 Å². The van der Waals surface area contributed by atoms with Gasteiger partial charge in [0.15, 0.2) is 0 Å². The summed E-state index contributed by atoms with van der Waals surface area (Å²) in [5.41, 5.74) is 8.15. The Morgan fingerprint density at radius 2 is 1.88 bits per heavy atom. The maximum absolute atomic E-state index is 13.4. The molecule has 2 aromatic carbocycles. The van der Waals surface area contributed by atoms with E-state index in [9.17, 15) is 4.39 Å². The summed E-state index contributed by atoms with van der Waals surface area (Å²) >= 11 is 0. The number of rotatable bonds is 1. The van der Waals surface area contributed by atoms with Crippen LogP contribution in [0, 0.1) is 5.82 Å². The van der Waals surface area contributed by atoms with Crippen molar-refractivity contribution in [3.05, 3.63) is 48.3 Å². The van der Waals surface area contributed by atoms with Gasteiger partial charge in [-0.3, -0.25) is 0 Å². The summed E-state index contributed by atoms with van der Waals surface area (Å²) in [6, 6.07) is 12.3. The highest BCUT2D eigenvalue weighted by Gasteiger charge is 2.10. The number of hydrogen-bond donors (Lipinski definition) is 2. The first-order chi connectivity index (χ1) is 8.25. The zero-order valence-corrected chi connectivity index (χ0v) is 8.94. The summed E-state index contributed by atoms with van der Waals surface area (Å²) in [7, 11) is 0. The number of imidazole rings is 1. The van der Waals surface area contributed by atoms with Gasteiger partial charge in [0.2, 0.25) is 0 Å². The van der Waals surface area contributed by atoms with Crippen LogP contribution in [0.15, 0.2) is 42.5 Å². The molecule has 17 heavy (non-hydrogen) atoms. The van der Waals surface area contributed by atoms with E-state index in [4.69, 9.17) is 5.73 Å². The molecular formula is C13H10FN3. The Bertz CT molecular complexity index is 655. The number of H-pyrrole nitrogens is 1. The van der Waals surface area contributed by atoms with Gasteiger partial charge in [-0.05, 0) is 24.3 Å². The predicted octanol–water partition coefficient (Wildman–Crippen LogP) is 2.95. The molecule has 3 aromatic rings. The summed E-state index contributed by atoms with van der Waals surface area (Å²) in [6.45, 7) is 0. The first-order valence-corrected chi connectivity index (χ1v) is 5.25. The monoisotopic (exact) mass is 227 g/mol. The molecule has 3 rings (SSSR count). The second-order valence-electron chi connectivity index (χ2n) is 3.80. The lowest BCUT2D eigenvalue weighted by Gasteiger charge is -2.02. The van der Waals surface area contributed by atoms with Gasteiger partial charge in [-0.25, -0.2) is 9.37 Å². The van der Waals surface area contributed by atoms with Crippen LogP contribution >= 0.6 is 0 Å². The number of hydrogen-bond acceptors (Lipinski definition) is 2. The van der Waals surface area contributed by atoms with Crippen molar-refractivity contribution in [1.82, 2.24) is 9.97 Å². The van der Waals surface area contributed by atoms with Crippen molar-refractivity contribution in [2.45, 2.75) is 0 Å². The second kappa shape index (κ2) is 3.59. The molecule has 0 fully saturated rings. The number of aromatic amines is 1. The van der Waals surface area contributed by atoms with Crippen molar-refractivity contribution in [1.29, 1.82) is 0 Å². The van der Waals surface area contributed by atoms with Gasteiger partial charge in [0.1, 0.15) is 11.6 Å². The number of para-hydroxylation sites is 3. The lowest BCUT2D eigenvalue weighted by Crippen LogP contribution is -1.94. The van der Waals surface area contributed by atoms with Crippen molar-refractivity contribution >= 4 is 16.7 Å². The zero-order chi connectivity index (χ0) is 11.8. The van der Waals surface area contributed by atoms with E-state index in [0.29, 0.717) is 11.4 Å². The van der Waals surface area contributed by atoms with E-state index in [2.05, 4.69) is 9.97 Å². The van der Waals surface area contributed by atoms with E-state index in [-0.39, 0.29) is 5.69 Å². The highest BCUT2D eigenvalue weighted by atomic mass is 19.1. The number of aromatic nitrogens is 2. The van der Waals surface area contributed by atoms with Crippen LogP contribution < -0.4 is 5.73 Å². The Kier molecular flexibility index (Phi) is 2.08. The van der Waals surface area contributed by atoms with E-state index in [0.717, 1.165) is 11.0 Å². The molecule has 1 aromatic heterocycles. The Balaban J connectivity index is 2.24. The molecule has 0 spiro atoms. The lowest BCUT2D eigenvalue weighted by atomic mass is 10.1. The third-order valence-corrected chi connectivity index (χ3v) is 2.70. The standard InChI is InChI=1S/C13H10FN3/c14-9-5-3-4-8(12(9)15)13-16-10-6-1-2-7-11(10)17-13/h1-7H,15H2,(H,16,17). The van der Waals surface area contributed by atoms with E-state index >= 15 is 0 Å². The van der Waals surface area contributed by atoms with Crippen molar-refractivity contribution in [2.24, 2.45) is 0 Å². The molecule has 0 unspecified atom stereocenters. The summed E-state index contributed by atoms with van der Waals surface area (Å²) in [5.74, 6) is 0.158. The molecule has 0 aliphatic rings. The summed E-state index contributed by atoms with van der Waals surface area (Å²) in [6.07, 6.45) is 0. The molecule has 84 valence electrons. The number of nitrogens with one attached hydrogen (secondary N) is 1. The van der Waals surface area contributed by atoms with Gasteiger partial charge in [-0.15, -0.1) is 0 Å². The molecule has 3 N–H and O–H groups in total. The quantitative estimate of drug-likeness (QED) is 0.628. The van der Waals surface area contributed by atoms with E-state index in [1.165, 1.54) is 6.07 Å². The van der Waals surface area contributed by atoms with Crippen LogP contribution in [0.3, 0.4) is 0 Å². The van der Waals surface area contributed by atoms with Crippen molar-refractivity contribution in [3.63, 3.8) is 0 Å². The fraction of sp³-hybridized carbons (Fsp3) is 0. The molecule has 0 aliphatic carbocycles. The number of nitrogens with zero attached hydrogens (tertiary/aromatic N) is 1. The molecular weight excluding hydrogens is 217 g/mol. The molecule has 0 saturated carbocycles. The largest absolute Gasteiger partial charge is 0.396 e. The Morgan fingerprint density at radius 3 is 2.71 bits per heavy atom. The molecule has 0 atom stereocenters. The molecule has 4 heteroatoms. The van der Waals surface area contributed by atoms with Gasteiger partial charge >= 0.3 is 0 Å². The molecule has 0 amide bonds. The minimum absolute atomic E-state index is 0.117. The van der Waals surface area contributed by atoms with Crippen molar-refractivity contribution < 1.29 is 4.39 Å². The third kappa shape index (κ3) is 1.54. The predicted molar refractivity (Wildman–Crippen MR) is 65.9 cm³/mol. The first-order valence-electron chi connectivity index (χ1n) is 5.25. The van der Waals surface area contributed by atoms with E-state index in [1.54, 1.807) is 12.1 Å². The van der Waals surface area contributed by atoms with Crippen LogP contribution in [0.4, 0.5) is 10.1 Å². The second-order valence-corrected chi connectivity index (χ2v) is 3.80. The highest BCUT2D eigenvalue weighted by Crippen LogP contribution is 2.27. The normalized spacial score (nSPS) is 10.9. The summed E-state index contributed by atoms with van der Waals surface area (Å²) in [4.78, 5) is 7.50. The smallest absolute Gasteiger partial charge is 0.146 e. The molecule has 0 bridgehead atoms. The highest BCUT2D eigenvalue weighted by molar-refractivity contribution is 5.82. The molecule has 1 heterocycles. The molecule has 0 saturated heterocycles. The average Bonchev–Trinajstić information content (AvgIpc) is 2.76. The summed E-state index contributed by atoms with van der Waals surface area (Å²) < 4.78 is 13.4. The van der Waals surface area contributed by atoms with Crippen LogP contribution in [0.25, 0.3) is 22.4 Å². The number of benzene rings is 2. The first kappa shape index (κ1) is 9.84.